The summed E-state index contributed by atoms with van der Waals surface area (Å²) in [4.78, 5) is 12.0. The number of thiazole rings is 1. The third-order valence-corrected chi connectivity index (χ3v) is 2.83. The predicted molar refractivity (Wildman–Crippen MR) is 48.9 cm³/mol. The number of hydrogen-bond acceptors (Lipinski definition) is 3. The molecule has 0 aliphatic rings. The van der Waals surface area contributed by atoms with Gasteiger partial charge in [0.1, 0.15) is 4.92 Å². The molecule has 0 amide bonds. The normalized spacial score (nSPS) is 10.5. The molecule has 0 saturated heterocycles. The Morgan fingerprint density at radius 3 is 3.00 bits per heavy atom. The average Bonchev–Trinajstić information content (AvgIpc) is 2.39. The van der Waals surface area contributed by atoms with E-state index in [1.807, 2.05) is 12.1 Å². The molecule has 0 fully saturated rings. The van der Waals surface area contributed by atoms with E-state index in [0.717, 1.165) is 9.71 Å². The molecule has 0 N–H and O–H groups in total. The molecular weight excluding hydrogens is 188 g/mol. The predicted octanol–water partition coefficient (Wildman–Crippen LogP) is 1.70. The van der Waals surface area contributed by atoms with E-state index in [4.69, 9.17) is 0 Å². The lowest BCUT2D eigenvalue weighted by atomic mass is 10.5. The van der Waals surface area contributed by atoms with Gasteiger partial charge in [-0.25, -0.2) is 0 Å². The summed E-state index contributed by atoms with van der Waals surface area (Å²) in [6.45, 7) is 1.76. The van der Waals surface area contributed by atoms with Gasteiger partial charge in [0.2, 0.25) is 0 Å². The summed E-state index contributed by atoms with van der Waals surface area (Å²) in [5, 5.41) is 10.7. The number of fused-ring (bicyclic) bond motifs is 1. The van der Waals surface area contributed by atoms with Crippen molar-refractivity contribution in [3.63, 3.8) is 0 Å². The highest BCUT2D eigenvalue weighted by atomic mass is 32.1. The van der Waals surface area contributed by atoms with Crippen LogP contribution in [0.4, 0.5) is 5.82 Å². The van der Waals surface area contributed by atoms with Crippen LogP contribution in [0, 0.1) is 17.0 Å². The molecule has 0 spiro atoms. The number of hydrogen-bond donors (Lipinski definition) is 0. The van der Waals surface area contributed by atoms with Gasteiger partial charge < -0.3 is 0 Å². The number of aromatic nitrogens is 1. The van der Waals surface area contributed by atoms with Gasteiger partial charge in [-0.05, 0) is 13.0 Å². The Hall–Kier alpha value is -1.49. The van der Waals surface area contributed by atoms with E-state index >= 15 is 0 Å². The van der Waals surface area contributed by atoms with Crippen molar-refractivity contribution in [1.29, 1.82) is 0 Å². The molecule has 0 aliphatic carbocycles. The van der Waals surface area contributed by atoms with E-state index in [9.17, 15) is 10.1 Å². The minimum absolute atomic E-state index is 0.167. The summed E-state index contributed by atoms with van der Waals surface area (Å²) < 4.78 is 1.60. The molecule has 0 aromatic carbocycles. The summed E-state index contributed by atoms with van der Waals surface area (Å²) in [6, 6.07) is 5.52. The number of aryl methyl sites for hydroxylation is 1. The second kappa shape index (κ2) is 2.77. The van der Waals surface area contributed by atoms with Crippen LogP contribution in [-0.4, -0.2) is 4.92 Å². The highest BCUT2D eigenvalue weighted by Gasteiger charge is 2.28. The van der Waals surface area contributed by atoms with Crippen molar-refractivity contribution in [2.75, 3.05) is 0 Å². The topological polar surface area (TPSA) is 47.2 Å². The molecule has 2 heterocycles. The third kappa shape index (κ3) is 1.17. The second-order valence-corrected chi connectivity index (χ2v) is 3.88. The van der Waals surface area contributed by atoms with Gasteiger partial charge in [0, 0.05) is 12.1 Å². The van der Waals surface area contributed by atoms with Gasteiger partial charge >= 0.3 is 5.82 Å². The molecule has 2 aromatic rings. The lowest BCUT2D eigenvalue weighted by Gasteiger charge is -1.81. The maximum atomic E-state index is 10.7. The van der Waals surface area contributed by atoms with Crippen molar-refractivity contribution in [3.8, 4) is 0 Å². The summed E-state index contributed by atoms with van der Waals surface area (Å²) >= 11 is 1.43. The third-order valence-electron chi connectivity index (χ3n) is 1.80. The quantitative estimate of drug-likeness (QED) is 0.395. The molecule has 2 aromatic heterocycles. The average molecular weight is 195 g/mol. The Kier molecular flexibility index (Phi) is 1.73. The van der Waals surface area contributed by atoms with Crippen LogP contribution in [0.2, 0.25) is 0 Å². The highest BCUT2D eigenvalue weighted by molar-refractivity contribution is 7.17. The van der Waals surface area contributed by atoms with E-state index in [0.29, 0.717) is 0 Å². The van der Waals surface area contributed by atoms with E-state index in [2.05, 4.69) is 0 Å². The van der Waals surface area contributed by atoms with E-state index in [1.54, 1.807) is 23.6 Å². The van der Waals surface area contributed by atoms with E-state index in [-0.39, 0.29) is 10.7 Å². The zero-order chi connectivity index (χ0) is 9.42. The fraction of sp³-hybridized carbons (Fsp3) is 0.125. The molecule has 0 atom stereocenters. The minimum Gasteiger partial charge on any atom is -0.253 e. The number of rotatable bonds is 1. The molecule has 0 bridgehead atoms. The Labute approximate surface area is 78.2 Å². The van der Waals surface area contributed by atoms with Crippen LogP contribution in [0.5, 0.6) is 0 Å². The second-order valence-electron chi connectivity index (χ2n) is 2.65. The van der Waals surface area contributed by atoms with Gasteiger partial charge in [-0.2, -0.15) is 0 Å². The maximum absolute atomic E-state index is 10.7. The Bertz CT molecular complexity index is 478. The zero-order valence-electron chi connectivity index (χ0n) is 6.93. The van der Waals surface area contributed by atoms with E-state index in [1.165, 1.54) is 11.3 Å². The molecule has 13 heavy (non-hydrogen) atoms. The van der Waals surface area contributed by atoms with Gasteiger partial charge in [0.25, 0.3) is 4.83 Å². The van der Waals surface area contributed by atoms with Crippen molar-refractivity contribution in [3.05, 3.63) is 39.4 Å². The van der Waals surface area contributed by atoms with Crippen molar-refractivity contribution < 1.29 is 9.32 Å². The first kappa shape index (κ1) is 8.12. The molecule has 5 heteroatoms. The molecule has 66 valence electrons. The molecular formula is C8H7N2O2S+. The fourth-order valence-corrected chi connectivity index (χ4v) is 2.24. The summed E-state index contributed by atoms with van der Waals surface area (Å²) in [6.07, 6.45) is 1.71. The van der Waals surface area contributed by atoms with Crippen LogP contribution < -0.4 is 4.40 Å². The fourth-order valence-electron chi connectivity index (χ4n) is 1.27. The first-order valence-corrected chi connectivity index (χ1v) is 4.56. The van der Waals surface area contributed by atoms with Crippen molar-refractivity contribution in [1.82, 2.24) is 0 Å². The van der Waals surface area contributed by atoms with Gasteiger partial charge in [-0.3, -0.25) is 10.1 Å². The van der Waals surface area contributed by atoms with Gasteiger partial charge in [0.05, 0.1) is 0 Å². The first-order chi connectivity index (χ1) is 6.20. The van der Waals surface area contributed by atoms with Crippen LogP contribution in [-0.2, 0) is 0 Å². The van der Waals surface area contributed by atoms with Crippen molar-refractivity contribution >= 4 is 22.0 Å². The molecule has 0 saturated carbocycles. The molecule has 0 radical (unpaired) electrons. The van der Waals surface area contributed by atoms with Gasteiger partial charge in [-0.15, -0.1) is 0 Å². The SMILES string of the molecule is Cc1sc2cccc[n+]2c1[N+](=O)[O-]. The largest absolute Gasteiger partial charge is 0.521 e. The summed E-state index contributed by atoms with van der Waals surface area (Å²) in [7, 11) is 0. The standard InChI is InChI=1S/C8H7N2O2S/c1-6-8(10(11)12)9-5-3-2-4-7(9)13-6/h2-5H,1H3/q+1. The molecule has 0 aliphatic heterocycles. The Morgan fingerprint density at radius 1 is 1.54 bits per heavy atom. The smallest absolute Gasteiger partial charge is 0.253 e. The molecule has 2 rings (SSSR count). The molecule has 4 nitrogen and oxygen atoms in total. The number of pyridine rings is 1. The number of nitrogens with zero attached hydrogens (tertiary/aromatic N) is 2. The van der Waals surface area contributed by atoms with Crippen molar-refractivity contribution in [2.24, 2.45) is 0 Å². The van der Waals surface area contributed by atoms with E-state index < -0.39 is 0 Å². The molecule has 0 unspecified atom stereocenters. The lowest BCUT2D eigenvalue weighted by Crippen LogP contribution is -2.21. The van der Waals surface area contributed by atoms with Crippen LogP contribution >= 0.6 is 11.3 Å². The number of nitro groups is 1. The zero-order valence-corrected chi connectivity index (χ0v) is 7.75. The lowest BCUT2D eigenvalue weighted by molar-refractivity contribution is -0.596. The van der Waals surface area contributed by atoms with Gasteiger partial charge in [0.15, 0.2) is 11.1 Å². The first-order valence-electron chi connectivity index (χ1n) is 3.74. The van der Waals surface area contributed by atoms with Crippen molar-refractivity contribution in [2.45, 2.75) is 6.92 Å². The Morgan fingerprint density at radius 2 is 2.31 bits per heavy atom. The Balaban J connectivity index is 2.86. The summed E-state index contributed by atoms with van der Waals surface area (Å²) in [5.41, 5.74) is 0. The summed E-state index contributed by atoms with van der Waals surface area (Å²) in [5.74, 6) is 0.167. The van der Waals surface area contributed by atoms with Crippen LogP contribution in [0.25, 0.3) is 4.83 Å². The van der Waals surface area contributed by atoms with Crippen LogP contribution in [0.1, 0.15) is 4.88 Å². The maximum Gasteiger partial charge on any atom is 0.521 e. The minimum atomic E-state index is -0.348. The highest BCUT2D eigenvalue weighted by Crippen LogP contribution is 2.21. The van der Waals surface area contributed by atoms with Crippen LogP contribution in [0.15, 0.2) is 24.4 Å². The monoisotopic (exact) mass is 195 g/mol. The van der Waals surface area contributed by atoms with Gasteiger partial charge in [-0.1, -0.05) is 15.7 Å². The van der Waals surface area contributed by atoms with Crippen LogP contribution in [0.3, 0.4) is 0 Å².